The predicted octanol–water partition coefficient (Wildman–Crippen LogP) is 2.87. The number of nitrogens with one attached hydrogen (secondary N) is 1. The Hall–Kier alpha value is -1.89. The van der Waals surface area contributed by atoms with Gasteiger partial charge in [0.2, 0.25) is 5.89 Å². The maximum absolute atomic E-state index is 12.4. The Balaban J connectivity index is 1.85. The smallest absolute Gasteiger partial charge is 0.329 e. The molecule has 6 nitrogen and oxygen atoms in total. The minimum Gasteiger partial charge on any atom is -0.407 e. The van der Waals surface area contributed by atoms with Gasteiger partial charge >= 0.3 is 6.01 Å². The molecule has 1 aliphatic rings. The largest absolute Gasteiger partial charge is 0.407 e. The van der Waals surface area contributed by atoms with Gasteiger partial charge in [0, 0.05) is 5.92 Å². The average molecular weight is 321 g/mol. The first-order chi connectivity index (χ1) is 10.5. The van der Waals surface area contributed by atoms with Crippen LogP contribution in [0.2, 0.25) is 0 Å². The zero-order chi connectivity index (χ0) is 15.7. The van der Waals surface area contributed by atoms with Gasteiger partial charge in [-0.05, 0) is 48.9 Å². The third kappa shape index (κ3) is 2.99. The van der Waals surface area contributed by atoms with E-state index in [-0.39, 0.29) is 16.8 Å². The zero-order valence-corrected chi connectivity index (χ0v) is 13.5. The molecule has 118 valence electrons. The van der Waals surface area contributed by atoms with Gasteiger partial charge in [0.15, 0.2) is 0 Å². The predicted molar refractivity (Wildman–Crippen MR) is 82.3 cm³/mol. The summed E-state index contributed by atoms with van der Waals surface area (Å²) in [7, 11) is -3.71. The lowest BCUT2D eigenvalue weighted by Crippen LogP contribution is -2.14. The van der Waals surface area contributed by atoms with Crippen molar-refractivity contribution in [2.45, 2.75) is 50.3 Å². The third-order valence-corrected chi connectivity index (χ3v) is 5.10. The van der Waals surface area contributed by atoms with Gasteiger partial charge < -0.3 is 4.42 Å². The maximum Gasteiger partial charge on any atom is 0.329 e. The van der Waals surface area contributed by atoms with E-state index in [0.717, 1.165) is 31.2 Å². The van der Waals surface area contributed by atoms with Crippen LogP contribution < -0.4 is 4.72 Å². The average Bonchev–Trinajstić information content (AvgIpc) is 2.95. The van der Waals surface area contributed by atoms with Crippen molar-refractivity contribution in [1.82, 2.24) is 10.2 Å². The number of anilines is 1. The Labute approximate surface area is 130 Å². The molecule has 0 unspecified atom stereocenters. The van der Waals surface area contributed by atoms with E-state index in [4.69, 9.17) is 4.42 Å². The van der Waals surface area contributed by atoms with E-state index in [1.54, 1.807) is 12.1 Å². The third-order valence-electron chi connectivity index (χ3n) is 3.79. The fourth-order valence-electron chi connectivity index (χ4n) is 2.56. The number of sulfonamides is 1. The van der Waals surface area contributed by atoms with Crippen molar-refractivity contribution in [3.05, 3.63) is 35.2 Å². The van der Waals surface area contributed by atoms with Crippen molar-refractivity contribution >= 4 is 16.0 Å². The summed E-state index contributed by atoms with van der Waals surface area (Å²) < 4.78 is 32.5. The van der Waals surface area contributed by atoms with Crippen molar-refractivity contribution in [2.24, 2.45) is 0 Å². The summed E-state index contributed by atoms with van der Waals surface area (Å²) in [6, 6.07) is 5.18. The highest BCUT2D eigenvalue weighted by Crippen LogP contribution is 2.25. The zero-order valence-electron chi connectivity index (χ0n) is 12.7. The molecule has 0 saturated heterocycles. The number of hydrogen-bond donors (Lipinski definition) is 1. The van der Waals surface area contributed by atoms with E-state index in [1.165, 1.54) is 5.56 Å². The van der Waals surface area contributed by atoms with Gasteiger partial charge in [0.05, 0.1) is 4.90 Å². The molecule has 22 heavy (non-hydrogen) atoms. The van der Waals surface area contributed by atoms with E-state index in [2.05, 4.69) is 14.9 Å². The lowest BCUT2D eigenvalue weighted by atomic mass is 9.92. The van der Waals surface area contributed by atoms with E-state index < -0.39 is 10.0 Å². The minimum atomic E-state index is -3.71. The van der Waals surface area contributed by atoms with Crippen LogP contribution in [-0.2, 0) is 22.9 Å². The number of fused-ring (bicyclic) bond motifs is 1. The Bertz CT molecular complexity index is 781. The summed E-state index contributed by atoms with van der Waals surface area (Å²) >= 11 is 0. The molecule has 0 radical (unpaired) electrons. The number of benzene rings is 1. The first kappa shape index (κ1) is 15.0. The lowest BCUT2D eigenvalue weighted by molar-refractivity contribution is 0.483. The summed E-state index contributed by atoms with van der Waals surface area (Å²) in [6.45, 7) is 3.80. The van der Waals surface area contributed by atoms with Gasteiger partial charge in [0.25, 0.3) is 10.0 Å². The molecule has 0 saturated carbocycles. The summed E-state index contributed by atoms with van der Waals surface area (Å²) in [4.78, 5) is 0.234. The molecule has 0 amide bonds. The van der Waals surface area contributed by atoms with E-state index >= 15 is 0 Å². The fraction of sp³-hybridized carbons (Fsp3) is 0.467. The van der Waals surface area contributed by atoms with Crippen LogP contribution in [0.5, 0.6) is 0 Å². The van der Waals surface area contributed by atoms with Gasteiger partial charge in [-0.1, -0.05) is 25.0 Å². The van der Waals surface area contributed by atoms with Crippen molar-refractivity contribution in [3.63, 3.8) is 0 Å². The molecule has 1 aliphatic carbocycles. The Morgan fingerprint density at radius 1 is 1.14 bits per heavy atom. The number of aromatic nitrogens is 2. The summed E-state index contributed by atoms with van der Waals surface area (Å²) in [5.74, 6) is 0.456. The van der Waals surface area contributed by atoms with Crippen LogP contribution in [0, 0.1) is 0 Å². The maximum atomic E-state index is 12.4. The topological polar surface area (TPSA) is 85.1 Å². The summed E-state index contributed by atoms with van der Waals surface area (Å²) in [6.07, 6.45) is 4.21. The molecule has 0 fully saturated rings. The van der Waals surface area contributed by atoms with Gasteiger partial charge in [-0.15, -0.1) is 5.10 Å². The molecule has 7 heteroatoms. The first-order valence-electron chi connectivity index (χ1n) is 7.44. The Morgan fingerprint density at radius 3 is 2.55 bits per heavy atom. The first-order valence-corrected chi connectivity index (χ1v) is 8.92. The Morgan fingerprint density at radius 2 is 1.86 bits per heavy atom. The molecule has 1 N–H and O–H groups in total. The molecular formula is C15H19N3O3S. The second-order valence-corrected chi connectivity index (χ2v) is 7.53. The fourth-order valence-corrected chi connectivity index (χ4v) is 3.53. The Kier molecular flexibility index (Phi) is 3.90. The standard InChI is InChI=1S/C15H19N3O3S/c1-10(2)14-16-17-15(21-14)18-22(19,20)13-8-7-11-5-3-4-6-12(11)9-13/h7-10H,3-6H2,1-2H3,(H,17,18). The highest BCUT2D eigenvalue weighted by molar-refractivity contribution is 7.92. The minimum absolute atomic E-state index is 0.0505. The van der Waals surface area contributed by atoms with E-state index in [1.807, 2.05) is 19.9 Å². The van der Waals surface area contributed by atoms with Crippen LogP contribution in [0.4, 0.5) is 6.01 Å². The molecule has 3 rings (SSSR count). The van der Waals surface area contributed by atoms with Gasteiger partial charge in [0.1, 0.15) is 0 Å². The molecule has 0 aliphatic heterocycles. The van der Waals surface area contributed by atoms with Gasteiger partial charge in [-0.3, -0.25) is 0 Å². The molecule has 1 aromatic heterocycles. The number of nitrogens with zero attached hydrogens (tertiary/aromatic N) is 2. The quantitative estimate of drug-likeness (QED) is 0.936. The lowest BCUT2D eigenvalue weighted by Gasteiger charge is -2.16. The second-order valence-electron chi connectivity index (χ2n) is 5.84. The molecular weight excluding hydrogens is 302 g/mol. The van der Waals surface area contributed by atoms with Crippen molar-refractivity contribution in [1.29, 1.82) is 0 Å². The van der Waals surface area contributed by atoms with Crippen molar-refractivity contribution in [3.8, 4) is 0 Å². The van der Waals surface area contributed by atoms with Crippen molar-refractivity contribution in [2.75, 3.05) is 4.72 Å². The van der Waals surface area contributed by atoms with Crippen LogP contribution in [0.25, 0.3) is 0 Å². The van der Waals surface area contributed by atoms with E-state index in [9.17, 15) is 8.42 Å². The highest BCUT2D eigenvalue weighted by Gasteiger charge is 2.20. The van der Waals surface area contributed by atoms with Crippen molar-refractivity contribution < 1.29 is 12.8 Å². The SMILES string of the molecule is CC(C)c1nnc(NS(=O)(=O)c2ccc3c(c2)CCCC3)o1. The normalized spacial score (nSPS) is 14.9. The monoisotopic (exact) mass is 321 g/mol. The molecule has 1 aromatic carbocycles. The summed E-state index contributed by atoms with van der Waals surface area (Å²) in [5, 5.41) is 7.55. The van der Waals surface area contributed by atoms with Crippen LogP contribution in [0.3, 0.4) is 0 Å². The molecule has 0 bridgehead atoms. The second kappa shape index (κ2) is 5.72. The van der Waals surface area contributed by atoms with Crippen LogP contribution in [-0.4, -0.2) is 18.6 Å². The van der Waals surface area contributed by atoms with Gasteiger partial charge in [-0.25, -0.2) is 13.1 Å². The van der Waals surface area contributed by atoms with Crippen LogP contribution in [0.1, 0.15) is 49.6 Å². The molecule has 0 atom stereocenters. The van der Waals surface area contributed by atoms with E-state index in [0.29, 0.717) is 5.89 Å². The van der Waals surface area contributed by atoms with Crippen LogP contribution in [0.15, 0.2) is 27.5 Å². The summed E-state index contributed by atoms with van der Waals surface area (Å²) in [5.41, 5.74) is 2.35. The number of rotatable bonds is 4. The van der Waals surface area contributed by atoms with Crippen LogP contribution >= 0.6 is 0 Å². The molecule has 0 spiro atoms. The number of aryl methyl sites for hydroxylation is 2. The molecule has 1 heterocycles. The molecule has 2 aromatic rings. The highest BCUT2D eigenvalue weighted by atomic mass is 32.2. The van der Waals surface area contributed by atoms with Gasteiger partial charge in [-0.2, -0.15) is 0 Å². The number of hydrogen-bond acceptors (Lipinski definition) is 5.